The lowest BCUT2D eigenvalue weighted by molar-refractivity contribution is -0.137. The number of piperidine rings is 1. The molecule has 0 amide bonds. The van der Waals surface area contributed by atoms with E-state index in [2.05, 4.69) is 20.3 Å². The van der Waals surface area contributed by atoms with Crippen molar-refractivity contribution in [3.05, 3.63) is 58.9 Å². The Balaban J connectivity index is 1.55. The Bertz CT molecular complexity index is 1140. The fourth-order valence-corrected chi connectivity index (χ4v) is 5.21. The zero-order valence-corrected chi connectivity index (χ0v) is 21.7. The minimum atomic E-state index is -4.37. The fraction of sp³-hybridized carbons (Fsp3) is 0.462. The molecule has 11 heteroatoms. The molecule has 2 aliphatic heterocycles. The van der Waals surface area contributed by atoms with Gasteiger partial charge in [0, 0.05) is 43.5 Å². The molecule has 6 nitrogen and oxygen atoms in total. The minimum absolute atomic E-state index is 0.00176. The van der Waals surface area contributed by atoms with Gasteiger partial charge in [0.25, 0.3) is 0 Å². The Morgan fingerprint density at radius 1 is 1.08 bits per heavy atom. The molecule has 2 heterocycles. The van der Waals surface area contributed by atoms with Crippen LogP contribution in [0.4, 0.5) is 28.9 Å². The van der Waals surface area contributed by atoms with E-state index in [1.807, 2.05) is 25.1 Å². The number of rotatable bonds is 6. The van der Waals surface area contributed by atoms with E-state index >= 15 is 4.39 Å². The molecule has 2 saturated heterocycles. The number of hydrogen-bond acceptors (Lipinski definition) is 5. The summed E-state index contributed by atoms with van der Waals surface area (Å²) in [6.07, 6.45) is -0.575. The number of nitrogens with zero attached hydrogens (tertiary/aromatic N) is 4. The third kappa shape index (κ3) is 6.51. The zero-order chi connectivity index (χ0) is 26.7. The van der Waals surface area contributed by atoms with Crippen molar-refractivity contribution in [1.82, 2.24) is 10.3 Å². The van der Waals surface area contributed by atoms with Crippen molar-refractivity contribution in [3.63, 3.8) is 0 Å². The Labute approximate surface area is 220 Å². The second kappa shape index (κ2) is 11.2. The molecule has 2 aromatic rings. The van der Waals surface area contributed by atoms with Gasteiger partial charge in [-0.15, -0.1) is 0 Å². The van der Waals surface area contributed by atoms with E-state index in [0.29, 0.717) is 48.8 Å². The molecule has 1 atom stereocenters. The summed E-state index contributed by atoms with van der Waals surface area (Å²) >= 11 is 4.80. The highest BCUT2D eigenvalue weighted by Crippen LogP contribution is 2.37. The first-order chi connectivity index (χ1) is 17.5. The van der Waals surface area contributed by atoms with Crippen LogP contribution in [0.5, 0.6) is 0 Å². The van der Waals surface area contributed by atoms with Crippen LogP contribution < -0.4 is 21.0 Å². The highest BCUT2D eigenvalue weighted by atomic mass is 32.1. The number of nitrogens with one attached hydrogen (secondary N) is 1. The van der Waals surface area contributed by atoms with E-state index in [0.717, 1.165) is 31.3 Å². The van der Waals surface area contributed by atoms with Crippen LogP contribution >= 0.6 is 12.2 Å². The average Bonchev–Trinajstić information content (AvgIpc) is 3.34. The molecule has 200 valence electrons. The Kier molecular flexibility index (Phi) is 8.23. The number of halogens is 4. The monoisotopic (exact) mass is 536 g/mol. The number of thiocarbonyl (C=S) groups is 1. The number of alkyl halides is 3. The maximum atomic E-state index is 15.4. The molecule has 37 heavy (non-hydrogen) atoms. The number of likely N-dealkylation sites (N-methyl/N-ethyl adjacent to an activating group) is 1. The molecule has 3 N–H and O–H groups in total. The van der Waals surface area contributed by atoms with Crippen molar-refractivity contribution in [1.29, 1.82) is 0 Å². The molecular formula is C26H32F4N6S. The molecule has 0 aliphatic carbocycles. The summed E-state index contributed by atoms with van der Waals surface area (Å²) in [4.78, 5) is 6.40. The lowest BCUT2D eigenvalue weighted by Crippen LogP contribution is -2.34. The van der Waals surface area contributed by atoms with Gasteiger partial charge in [0.1, 0.15) is 5.82 Å². The van der Waals surface area contributed by atoms with Gasteiger partial charge in [-0.3, -0.25) is 5.43 Å². The highest BCUT2D eigenvalue weighted by molar-refractivity contribution is 7.80. The highest BCUT2D eigenvalue weighted by Gasteiger charge is 2.32. The van der Waals surface area contributed by atoms with Gasteiger partial charge in [-0.05, 0) is 75.3 Å². The maximum Gasteiger partial charge on any atom is 0.416 e. The van der Waals surface area contributed by atoms with Gasteiger partial charge in [-0.25, -0.2) is 4.39 Å². The quantitative estimate of drug-likeness (QED) is 0.245. The van der Waals surface area contributed by atoms with Crippen LogP contribution in [-0.4, -0.2) is 62.5 Å². The normalized spacial score (nSPS) is 19.3. The molecule has 0 bridgehead atoms. The van der Waals surface area contributed by atoms with E-state index in [4.69, 9.17) is 18.0 Å². The van der Waals surface area contributed by atoms with Crippen LogP contribution in [0.3, 0.4) is 0 Å². The van der Waals surface area contributed by atoms with E-state index in [9.17, 15) is 13.2 Å². The minimum Gasteiger partial charge on any atom is -0.375 e. The van der Waals surface area contributed by atoms with Gasteiger partial charge in [0.15, 0.2) is 5.11 Å². The number of anilines is 2. The van der Waals surface area contributed by atoms with Gasteiger partial charge in [0.2, 0.25) is 0 Å². The molecule has 0 aromatic heterocycles. The predicted octanol–water partition coefficient (Wildman–Crippen LogP) is 4.54. The van der Waals surface area contributed by atoms with E-state index < -0.39 is 11.7 Å². The molecule has 4 rings (SSSR count). The van der Waals surface area contributed by atoms with Crippen molar-refractivity contribution >= 4 is 34.9 Å². The smallest absolute Gasteiger partial charge is 0.375 e. The van der Waals surface area contributed by atoms with Crippen molar-refractivity contribution in [2.45, 2.75) is 37.4 Å². The maximum absolute atomic E-state index is 15.4. The molecule has 0 unspecified atom stereocenters. The summed E-state index contributed by atoms with van der Waals surface area (Å²) in [5.41, 5.74) is 10.00. The lowest BCUT2D eigenvalue weighted by atomic mass is 9.88. The average molecular weight is 537 g/mol. The van der Waals surface area contributed by atoms with Crippen LogP contribution in [0.15, 0.2) is 41.5 Å². The van der Waals surface area contributed by atoms with E-state index in [-0.39, 0.29) is 16.8 Å². The molecule has 2 aliphatic rings. The summed E-state index contributed by atoms with van der Waals surface area (Å²) in [7, 11) is 4.10. The molecule has 0 saturated carbocycles. The molecule has 0 radical (unpaired) electrons. The van der Waals surface area contributed by atoms with E-state index in [1.54, 1.807) is 6.07 Å². The second-order valence-electron chi connectivity index (χ2n) is 9.83. The Morgan fingerprint density at radius 3 is 2.41 bits per heavy atom. The van der Waals surface area contributed by atoms with Crippen LogP contribution in [0, 0.1) is 5.82 Å². The number of benzene rings is 2. The molecular weight excluding hydrogens is 504 g/mol. The topological polar surface area (TPSA) is 60.1 Å². The van der Waals surface area contributed by atoms with Gasteiger partial charge in [0.05, 0.1) is 17.5 Å². The van der Waals surface area contributed by atoms with Gasteiger partial charge < -0.3 is 20.4 Å². The SMILES string of the molecule is CN(C)[C@@H]1CCN(c2cc(N3CCC(c4cccc(C(F)(F)F)c4)CC3)c(F)cc2/C=N/NC(N)=S)C1. The molecule has 2 aromatic carbocycles. The third-order valence-electron chi connectivity index (χ3n) is 7.23. The van der Waals surface area contributed by atoms with Crippen LogP contribution in [-0.2, 0) is 6.18 Å². The number of hydrogen-bond donors (Lipinski definition) is 2. The zero-order valence-electron chi connectivity index (χ0n) is 20.9. The summed E-state index contributed by atoms with van der Waals surface area (Å²) < 4.78 is 54.9. The van der Waals surface area contributed by atoms with Crippen LogP contribution in [0.1, 0.15) is 41.9 Å². The third-order valence-corrected chi connectivity index (χ3v) is 7.32. The summed E-state index contributed by atoms with van der Waals surface area (Å²) in [5, 5.41) is 4.06. The largest absolute Gasteiger partial charge is 0.416 e. The first-order valence-corrected chi connectivity index (χ1v) is 12.7. The number of nitrogens with two attached hydrogens (primary N) is 1. The lowest BCUT2D eigenvalue weighted by Gasteiger charge is -2.35. The summed E-state index contributed by atoms with van der Waals surface area (Å²) in [6.45, 7) is 2.73. The van der Waals surface area contributed by atoms with Gasteiger partial charge in [-0.2, -0.15) is 18.3 Å². The predicted molar refractivity (Wildman–Crippen MR) is 144 cm³/mol. The fourth-order valence-electron chi connectivity index (χ4n) is 5.16. The first-order valence-electron chi connectivity index (χ1n) is 12.3. The van der Waals surface area contributed by atoms with Gasteiger partial charge >= 0.3 is 6.18 Å². The Morgan fingerprint density at radius 2 is 1.78 bits per heavy atom. The Hall–Kier alpha value is -2.92. The molecule has 2 fully saturated rings. The number of hydrazone groups is 1. The van der Waals surface area contributed by atoms with Crippen molar-refractivity contribution < 1.29 is 17.6 Å². The van der Waals surface area contributed by atoms with E-state index in [1.165, 1.54) is 24.4 Å². The summed E-state index contributed by atoms with van der Waals surface area (Å²) in [6, 6.07) is 9.25. The van der Waals surface area contributed by atoms with Crippen LogP contribution in [0.25, 0.3) is 0 Å². The first kappa shape index (κ1) is 27.1. The van der Waals surface area contributed by atoms with Crippen LogP contribution in [0.2, 0.25) is 0 Å². The van der Waals surface area contributed by atoms with Crippen molar-refractivity contribution in [3.8, 4) is 0 Å². The molecule has 0 spiro atoms. The van der Waals surface area contributed by atoms with Crippen molar-refractivity contribution in [2.24, 2.45) is 10.8 Å². The second-order valence-corrected chi connectivity index (χ2v) is 10.3. The standard InChI is InChI=1S/C26H32F4N6S/c1-34(2)21-8-11-36(16-21)23-14-24(22(27)13-19(23)15-32-33-25(31)37)35-9-6-17(7-10-35)18-4-3-5-20(12-18)26(28,29)30/h3-5,12-15,17,21H,6-11,16H2,1-2H3,(H3,31,33,37)/b32-15+/t21-/m1/s1. The summed E-state index contributed by atoms with van der Waals surface area (Å²) in [5.74, 6) is -0.375. The van der Waals surface area contributed by atoms with Gasteiger partial charge in [-0.1, -0.05) is 18.2 Å². The van der Waals surface area contributed by atoms with Crippen molar-refractivity contribution in [2.75, 3.05) is 50.1 Å².